The van der Waals surface area contributed by atoms with E-state index in [1.54, 1.807) is 21.1 Å². The summed E-state index contributed by atoms with van der Waals surface area (Å²) in [6.45, 7) is -3.13. The Labute approximate surface area is 343 Å². The number of aromatic nitrogens is 4. The third kappa shape index (κ3) is 9.11. The average Bonchev–Trinajstić information content (AvgIpc) is 3.80. The number of aryl methyl sites for hydroxylation is 1. The summed E-state index contributed by atoms with van der Waals surface area (Å²) in [5.74, 6) is 1.31. The summed E-state index contributed by atoms with van der Waals surface area (Å²) in [7, 11) is 3.16. The van der Waals surface area contributed by atoms with Gasteiger partial charge in [-0.25, -0.2) is 9.59 Å². The molecule has 4 heterocycles. The standard InChI is InChI=1S/C40H44N5O12PS/c1-24-21-45(39(49)43-37(24)47)36-20-31(57-58(50,59)54-23-32-30(46)19-35(55-32)44-18-17-34(41)42-38(44)48)33(56-36)22-53-40(25-7-5-4-6-8-25,26-9-13-28(51-2)14-10-26)27-11-15-29(52-3)16-12-27/h4-18,21,30-33,35-36,46H,19-20,22-23H2,1-3H3,(H,50,59)(H2,41,42,48)(H,43,47,49)/t30-,31-,32+,33+,35+,36+,58?/m0/s1. The molecule has 5 aromatic rings. The molecule has 5 N–H and O–H groups in total. The normalized spacial score (nSPS) is 22.9. The van der Waals surface area contributed by atoms with Crippen LogP contribution in [0, 0.1) is 6.92 Å². The first-order chi connectivity index (χ1) is 28.3. The Kier molecular flexibility index (Phi) is 12.6. The van der Waals surface area contributed by atoms with E-state index in [-0.39, 0.29) is 37.4 Å². The van der Waals surface area contributed by atoms with Crippen molar-refractivity contribution in [1.82, 2.24) is 19.1 Å². The van der Waals surface area contributed by atoms with Gasteiger partial charge < -0.3 is 48.5 Å². The van der Waals surface area contributed by atoms with Gasteiger partial charge in [0.2, 0.25) is 0 Å². The number of hydrogen-bond acceptors (Lipinski definition) is 14. The van der Waals surface area contributed by atoms with Crippen LogP contribution in [0.5, 0.6) is 11.5 Å². The number of aliphatic hydroxyl groups excluding tert-OH is 1. The molecule has 3 aromatic carbocycles. The van der Waals surface area contributed by atoms with Gasteiger partial charge in [-0.1, -0.05) is 54.6 Å². The maximum atomic E-state index is 13.1. The van der Waals surface area contributed by atoms with Gasteiger partial charge in [0, 0.05) is 30.8 Å². The molecule has 17 nitrogen and oxygen atoms in total. The van der Waals surface area contributed by atoms with Crippen molar-refractivity contribution in [2.24, 2.45) is 0 Å². The number of benzene rings is 3. The molecule has 312 valence electrons. The van der Waals surface area contributed by atoms with E-state index in [0.717, 1.165) is 16.7 Å². The lowest BCUT2D eigenvalue weighted by molar-refractivity contribution is -0.0936. The van der Waals surface area contributed by atoms with Gasteiger partial charge in [-0.2, -0.15) is 4.98 Å². The van der Waals surface area contributed by atoms with Gasteiger partial charge in [-0.05, 0) is 65.8 Å². The number of methoxy groups -OCH3 is 2. The first-order valence-corrected chi connectivity index (χ1v) is 21.2. The first-order valence-electron chi connectivity index (χ1n) is 18.6. The summed E-state index contributed by atoms with van der Waals surface area (Å²) in [5, 5.41) is 10.8. The van der Waals surface area contributed by atoms with Crippen molar-refractivity contribution in [3.8, 4) is 11.5 Å². The van der Waals surface area contributed by atoms with Gasteiger partial charge in [0.1, 0.15) is 47.6 Å². The van der Waals surface area contributed by atoms with Crippen LogP contribution in [-0.2, 0) is 40.7 Å². The third-order valence-electron chi connectivity index (χ3n) is 10.3. The van der Waals surface area contributed by atoms with Gasteiger partial charge >= 0.3 is 18.1 Å². The van der Waals surface area contributed by atoms with Gasteiger partial charge in [-0.3, -0.25) is 18.9 Å². The number of hydrogen-bond donors (Lipinski definition) is 4. The highest BCUT2D eigenvalue weighted by atomic mass is 32.5. The Bertz CT molecular complexity index is 2420. The molecule has 7 atom stereocenters. The first kappa shape index (κ1) is 42.1. The van der Waals surface area contributed by atoms with E-state index < -0.39 is 66.1 Å². The van der Waals surface area contributed by atoms with Gasteiger partial charge in [0.15, 0.2) is 0 Å². The zero-order valence-electron chi connectivity index (χ0n) is 32.3. The molecule has 2 aliphatic rings. The molecule has 2 saturated heterocycles. The molecular formula is C40H44N5O12PS. The van der Waals surface area contributed by atoms with Crippen molar-refractivity contribution in [2.45, 2.75) is 62.2 Å². The van der Waals surface area contributed by atoms with Crippen LogP contribution >= 0.6 is 6.72 Å². The summed E-state index contributed by atoms with van der Waals surface area (Å²) >= 11 is 5.49. The van der Waals surface area contributed by atoms with Crippen molar-refractivity contribution in [3.05, 3.63) is 151 Å². The van der Waals surface area contributed by atoms with Crippen molar-refractivity contribution in [1.29, 1.82) is 0 Å². The van der Waals surface area contributed by atoms with Gasteiger partial charge in [0.25, 0.3) is 5.56 Å². The number of anilines is 1. The number of nitrogens with one attached hydrogen (secondary N) is 1. The number of nitrogens with two attached hydrogens (primary N) is 1. The SMILES string of the molecule is COc1ccc(C(OC[C@H]2O[C@@H](n3cc(C)c(=O)[nH]c3=O)C[C@@H]2OP(O)(=S)OC[C@H]2O[C@@H](n3ccc(N)nc3=O)C[C@@H]2O)(c2ccccc2)c2ccc(OC)cc2)cc1. The molecule has 0 saturated carbocycles. The zero-order valence-corrected chi connectivity index (χ0v) is 34.0. The Hall–Kier alpha value is -5.01. The van der Waals surface area contributed by atoms with Crippen LogP contribution in [0.15, 0.2) is 112 Å². The van der Waals surface area contributed by atoms with Crippen LogP contribution < -0.4 is 32.1 Å². The largest absolute Gasteiger partial charge is 0.497 e. The number of ether oxygens (including phenoxy) is 5. The Balaban J connectivity index is 1.19. The van der Waals surface area contributed by atoms with Crippen LogP contribution in [0.2, 0.25) is 0 Å². The number of nitrogen functional groups attached to an aromatic ring is 1. The monoisotopic (exact) mass is 849 g/mol. The van der Waals surface area contributed by atoms with Crippen LogP contribution in [-0.4, -0.2) is 81.0 Å². The van der Waals surface area contributed by atoms with Crippen LogP contribution in [0.1, 0.15) is 47.6 Å². The number of aromatic amines is 1. The number of nitrogens with zero attached hydrogens (tertiary/aromatic N) is 3. The fourth-order valence-corrected chi connectivity index (χ4v) is 8.74. The fraction of sp³-hybridized carbons (Fsp3) is 0.350. The van der Waals surface area contributed by atoms with Crippen LogP contribution in [0.25, 0.3) is 0 Å². The lowest BCUT2D eigenvalue weighted by Crippen LogP contribution is -2.38. The van der Waals surface area contributed by atoms with Crippen molar-refractivity contribution >= 4 is 24.3 Å². The quantitative estimate of drug-likeness (QED) is 0.0878. The van der Waals surface area contributed by atoms with Crippen LogP contribution in [0.4, 0.5) is 5.82 Å². The van der Waals surface area contributed by atoms with E-state index in [2.05, 4.69) is 9.97 Å². The molecule has 19 heteroatoms. The zero-order chi connectivity index (χ0) is 41.9. The maximum Gasteiger partial charge on any atom is 0.351 e. The second-order valence-corrected chi connectivity index (χ2v) is 16.8. The highest BCUT2D eigenvalue weighted by Crippen LogP contribution is 2.50. The summed E-state index contributed by atoms with van der Waals surface area (Å²) in [6, 6.07) is 25.9. The molecule has 0 radical (unpaired) electrons. The minimum absolute atomic E-state index is 0.0111. The molecular weight excluding hydrogens is 806 g/mol. The van der Waals surface area contributed by atoms with Gasteiger partial charge in [0.05, 0.1) is 39.6 Å². The third-order valence-corrected chi connectivity index (χ3v) is 11.9. The Morgan fingerprint density at radius 3 is 2.07 bits per heavy atom. The molecule has 1 unspecified atom stereocenters. The second-order valence-electron chi connectivity index (χ2n) is 14.0. The van der Waals surface area contributed by atoms with E-state index in [4.69, 9.17) is 50.3 Å². The van der Waals surface area contributed by atoms with E-state index in [0.29, 0.717) is 11.5 Å². The lowest BCUT2D eigenvalue weighted by Gasteiger charge is -2.37. The topological polar surface area (TPSA) is 221 Å². The predicted molar refractivity (Wildman–Crippen MR) is 218 cm³/mol. The minimum Gasteiger partial charge on any atom is -0.497 e. The predicted octanol–water partition coefficient (Wildman–Crippen LogP) is 3.26. The number of aliphatic hydroxyl groups is 1. The molecule has 2 aliphatic heterocycles. The molecule has 2 aromatic heterocycles. The molecule has 59 heavy (non-hydrogen) atoms. The summed E-state index contributed by atoms with van der Waals surface area (Å²) in [5.41, 5.74) is 4.98. The second kappa shape index (κ2) is 17.7. The highest BCUT2D eigenvalue weighted by Gasteiger charge is 2.45. The molecule has 0 amide bonds. The van der Waals surface area contributed by atoms with Crippen LogP contribution in [0.3, 0.4) is 0 Å². The summed E-state index contributed by atoms with van der Waals surface area (Å²) < 4.78 is 44.7. The van der Waals surface area contributed by atoms with Crippen molar-refractivity contribution < 1.29 is 42.7 Å². The molecule has 0 aliphatic carbocycles. The van der Waals surface area contributed by atoms with Crippen molar-refractivity contribution in [2.75, 3.05) is 33.2 Å². The minimum atomic E-state index is -4.13. The van der Waals surface area contributed by atoms with E-state index >= 15 is 0 Å². The molecule has 0 bridgehead atoms. The fourth-order valence-electron chi connectivity index (χ4n) is 7.26. The van der Waals surface area contributed by atoms with E-state index in [1.165, 1.54) is 27.6 Å². The molecule has 2 fully saturated rings. The smallest absolute Gasteiger partial charge is 0.351 e. The number of rotatable bonds is 15. The van der Waals surface area contributed by atoms with Crippen molar-refractivity contribution in [3.63, 3.8) is 0 Å². The van der Waals surface area contributed by atoms with E-state index in [1.807, 2.05) is 78.9 Å². The Morgan fingerprint density at radius 1 is 0.864 bits per heavy atom. The summed E-state index contributed by atoms with van der Waals surface area (Å²) in [4.78, 5) is 55.3. The van der Waals surface area contributed by atoms with E-state index in [9.17, 15) is 24.4 Å². The highest BCUT2D eigenvalue weighted by molar-refractivity contribution is 8.07. The molecule has 0 spiro atoms. The average molecular weight is 850 g/mol. The van der Waals surface area contributed by atoms with Gasteiger partial charge in [-0.15, -0.1) is 0 Å². The summed E-state index contributed by atoms with van der Waals surface area (Å²) in [6.07, 6.45) is -3.10. The molecule has 7 rings (SSSR count). The number of H-pyrrole nitrogens is 1. The Morgan fingerprint density at radius 2 is 1.46 bits per heavy atom. The lowest BCUT2D eigenvalue weighted by atomic mass is 9.80. The maximum absolute atomic E-state index is 13.1.